The molecular weight excluding hydrogens is 394 g/mol. The van der Waals surface area contributed by atoms with Crippen LogP contribution in [0.5, 0.6) is 0 Å². The zero-order valence-electron chi connectivity index (χ0n) is 12.2. The number of sulfonamides is 1. The molecule has 0 aliphatic rings. The smallest absolute Gasteiger partial charge is 0.267 e. The van der Waals surface area contributed by atoms with Gasteiger partial charge in [-0.15, -0.1) is 0 Å². The molecule has 2 N–H and O–H groups in total. The predicted octanol–water partition coefficient (Wildman–Crippen LogP) is 3.15. The van der Waals surface area contributed by atoms with Gasteiger partial charge < -0.3 is 0 Å². The van der Waals surface area contributed by atoms with E-state index in [9.17, 15) is 22.0 Å². The van der Waals surface area contributed by atoms with Gasteiger partial charge in [-0.2, -0.15) is 0 Å². The Morgan fingerprint density at radius 3 is 2.32 bits per heavy atom. The first-order valence-corrected chi connectivity index (χ1v) is 9.47. The number of aromatic nitrogens is 1. The van der Waals surface area contributed by atoms with Gasteiger partial charge in [0, 0.05) is 16.0 Å². The summed E-state index contributed by atoms with van der Waals surface area (Å²) in [7, 11) is -4.56. The molecule has 1 heterocycles. The molecule has 0 saturated carbocycles. The number of nitrogens with zero attached hydrogens (tertiary/aromatic N) is 1. The second-order valence-electron chi connectivity index (χ2n) is 5.02. The molecule has 0 saturated heterocycles. The minimum atomic E-state index is -4.56. The van der Waals surface area contributed by atoms with Gasteiger partial charge in [-0.25, -0.2) is 22.3 Å². The second kappa shape index (κ2) is 6.34. The van der Waals surface area contributed by atoms with Gasteiger partial charge in [-0.3, -0.25) is 9.36 Å². The molecule has 0 unspecified atom stereocenters. The first-order chi connectivity index (χ1) is 11.7. The van der Waals surface area contributed by atoms with Crippen LogP contribution in [0.3, 0.4) is 0 Å². The van der Waals surface area contributed by atoms with E-state index in [0.717, 1.165) is 23.5 Å². The van der Waals surface area contributed by atoms with Gasteiger partial charge in [-0.05, 0) is 30.3 Å². The molecule has 0 aliphatic carbocycles. The van der Waals surface area contributed by atoms with E-state index in [1.807, 2.05) is 0 Å². The maximum atomic E-state index is 14.1. The van der Waals surface area contributed by atoms with Crippen molar-refractivity contribution in [1.82, 2.24) is 4.57 Å². The Morgan fingerprint density at radius 2 is 1.76 bits per heavy atom. The summed E-state index contributed by atoms with van der Waals surface area (Å²) in [6, 6.07) is 7.98. The zero-order chi connectivity index (χ0) is 18.4. The Kier molecular flexibility index (Phi) is 4.50. The Hall–Kier alpha value is -2.07. The molecule has 3 rings (SSSR count). The van der Waals surface area contributed by atoms with E-state index >= 15 is 0 Å². The molecule has 25 heavy (non-hydrogen) atoms. The summed E-state index contributed by atoms with van der Waals surface area (Å²) in [5.74, 6) is -2.68. The molecule has 0 aliphatic heterocycles. The fourth-order valence-corrected chi connectivity index (χ4v) is 3.96. The Labute approximate surface area is 150 Å². The van der Waals surface area contributed by atoms with E-state index in [2.05, 4.69) is 0 Å². The van der Waals surface area contributed by atoms with Crippen molar-refractivity contribution in [3.05, 3.63) is 68.1 Å². The third-order valence-electron chi connectivity index (χ3n) is 3.34. The Balaban J connectivity index is 2.25. The average molecular weight is 403 g/mol. The van der Waals surface area contributed by atoms with Gasteiger partial charge in [0.2, 0.25) is 10.0 Å². The van der Waals surface area contributed by atoms with Gasteiger partial charge in [0.25, 0.3) is 0 Å². The number of thiazole rings is 1. The topological polar surface area (TPSA) is 82.2 Å². The predicted molar refractivity (Wildman–Crippen MR) is 91.7 cm³/mol. The second-order valence-corrected chi connectivity index (χ2v) is 7.77. The van der Waals surface area contributed by atoms with E-state index in [1.54, 1.807) is 18.2 Å². The van der Waals surface area contributed by atoms with Crippen molar-refractivity contribution in [1.29, 1.82) is 0 Å². The minimum absolute atomic E-state index is 0.0132. The molecule has 0 bridgehead atoms. The molecule has 5 nitrogen and oxygen atoms in total. The van der Waals surface area contributed by atoms with Crippen LogP contribution in [0.4, 0.5) is 8.78 Å². The van der Waals surface area contributed by atoms with Gasteiger partial charge in [0.1, 0.15) is 11.6 Å². The van der Waals surface area contributed by atoms with E-state index in [1.165, 1.54) is 16.0 Å². The molecule has 0 atom stereocenters. The molecule has 2 aromatic carbocycles. The van der Waals surface area contributed by atoms with Crippen LogP contribution in [0.1, 0.15) is 0 Å². The van der Waals surface area contributed by atoms with E-state index < -0.39 is 31.4 Å². The quantitative estimate of drug-likeness (QED) is 0.730. The SMILES string of the molecule is NS(=O)(=O)c1c(F)cc(-c2csc(=O)n2-c2cccc(Cl)c2)cc1F. The normalized spacial score (nSPS) is 11.7. The third-order valence-corrected chi connectivity index (χ3v) is 5.26. The number of halogens is 3. The highest BCUT2D eigenvalue weighted by molar-refractivity contribution is 7.89. The summed E-state index contributed by atoms with van der Waals surface area (Å²) in [5.41, 5.74) is 0.585. The lowest BCUT2D eigenvalue weighted by molar-refractivity contribution is 0.520. The van der Waals surface area contributed by atoms with Crippen molar-refractivity contribution in [3.63, 3.8) is 0 Å². The van der Waals surface area contributed by atoms with E-state index in [0.29, 0.717) is 10.7 Å². The van der Waals surface area contributed by atoms with Crippen molar-refractivity contribution in [3.8, 4) is 16.9 Å². The number of benzene rings is 2. The highest BCUT2D eigenvalue weighted by atomic mass is 35.5. The van der Waals surface area contributed by atoms with E-state index in [-0.39, 0.29) is 11.3 Å². The van der Waals surface area contributed by atoms with Crippen molar-refractivity contribution >= 4 is 33.0 Å². The lowest BCUT2D eigenvalue weighted by atomic mass is 10.1. The fourth-order valence-electron chi connectivity index (χ4n) is 2.35. The van der Waals surface area contributed by atoms with Crippen LogP contribution in [0.2, 0.25) is 5.02 Å². The minimum Gasteiger partial charge on any atom is -0.267 e. The maximum absolute atomic E-state index is 14.1. The molecule has 130 valence electrons. The summed E-state index contributed by atoms with van der Waals surface area (Å²) in [6.45, 7) is 0. The van der Waals surface area contributed by atoms with Gasteiger partial charge in [-0.1, -0.05) is 29.0 Å². The molecular formula is C15H9ClF2N2O3S2. The molecule has 10 heteroatoms. The number of rotatable bonds is 3. The molecule has 1 aromatic heterocycles. The van der Waals surface area contributed by atoms with Crippen LogP contribution in [-0.4, -0.2) is 13.0 Å². The van der Waals surface area contributed by atoms with Gasteiger partial charge >= 0.3 is 4.87 Å². The number of nitrogens with two attached hydrogens (primary N) is 1. The molecule has 0 spiro atoms. The summed E-state index contributed by atoms with van der Waals surface area (Å²) < 4.78 is 52.0. The Bertz CT molecular complexity index is 1120. The van der Waals surface area contributed by atoms with Crippen molar-refractivity contribution in [2.24, 2.45) is 5.14 Å². The van der Waals surface area contributed by atoms with E-state index in [4.69, 9.17) is 16.7 Å². The number of primary sulfonamides is 1. The van der Waals surface area contributed by atoms with Crippen molar-refractivity contribution in [2.45, 2.75) is 4.90 Å². The molecule has 0 radical (unpaired) electrons. The average Bonchev–Trinajstić information content (AvgIpc) is 2.86. The van der Waals surface area contributed by atoms with Crippen molar-refractivity contribution in [2.75, 3.05) is 0 Å². The highest BCUT2D eigenvalue weighted by Crippen LogP contribution is 2.29. The van der Waals surface area contributed by atoms with Crippen LogP contribution in [0.15, 0.2) is 51.5 Å². The number of hydrogen-bond acceptors (Lipinski definition) is 4. The van der Waals surface area contributed by atoms with Crippen molar-refractivity contribution < 1.29 is 17.2 Å². The van der Waals surface area contributed by atoms with Crippen LogP contribution in [0, 0.1) is 11.6 Å². The standard InChI is InChI=1S/C15H9ClF2N2O3S2/c16-9-2-1-3-10(6-9)20-13(7-24-15(20)21)8-4-11(17)14(12(18)5-8)25(19,22)23/h1-7H,(H2,19,22,23). The monoisotopic (exact) mass is 402 g/mol. The maximum Gasteiger partial charge on any atom is 0.312 e. The third kappa shape index (κ3) is 3.36. The highest BCUT2D eigenvalue weighted by Gasteiger charge is 2.23. The van der Waals surface area contributed by atoms with Crippen LogP contribution in [-0.2, 0) is 10.0 Å². The summed E-state index contributed by atoms with van der Waals surface area (Å²) in [6.07, 6.45) is 0. The molecule has 0 amide bonds. The summed E-state index contributed by atoms with van der Waals surface area (Å²) >= 11 is 6.75. The number of hydrogen-bond donors (Lipinski definition) is 1. The Morgan fingerprint density at radius 1 is 1.12 bits per heavy atom. The van der Waals surface area contributed by atoms with Crippen LogP contribution >= 0.6 is 22.9 Å². The van der Waals surface area contributed by atoms with Crippen LogP contribution < -0.4 is 10.0 Å². The molecule has 0 fully saturated rings. The summed E-state index contributed by atoms with van der Waals surface area (Å²) in [5, 5.41) is 6.60. The van der Waals surface area contributed by atoms with Gasteiger partial charge in [0.05, 0.1) is 11.4 Å². The zero-order valence-corrected chi connectivity index (χ0v) is 14.6. The first kappa shape index (κ1) is 17.7. The first-order valence-electron chi connectivity index (χ1n) is 6.67. The fraction of sp³-hybridized carbons (Fsp3) is 0. The summed E-state index contributed by atoms with van der Waals surface area (Å²) in [4.78, 5) is 10.5. The lowest BCUT2D eigenvalue weighted by Crippen LogP contribution is -2.16. The largest absolute Gasteiger partial charge is 0.312 e. The van der Waals surface area contributed by atoms with Gasteiger partial charge in [0.15, 0.2) is 4.90 Å². The van der Waals surface area contributed by atoms with Crippen LogP contribution in [0.25, 0.3) is 16.9 Å². The molecule has 3 aromatic rings. The lowest BCUT2D eigenvalue weighted by Gasteiger charge is -2.10.